The molecule has 0 amide bonds. The molecular formula is C20H29IN4S. The van der Waals surface area contributed by atoms with Crippen LogP contribution in [0.5, 0.6) is 0 Å². The Hall–Kier alpha value is -1.15. The number of aliphatic imine (C=N–C) groups is 1. The Morgan fingerprint density at radius 1 is 1.35 bits per heavy atom. The summed E-state index contributed by atoms with van der Waals surface area (Å²) in [6, 6.07) is 9.15. The van der Waals surface area contributed by atoms with E-state index < -0.39 is 0 Å². The van der Waals surface area contributed by atoms with Gasteiger partial charge in [-0.1, -0.05) is 38.1 Å². The first-order valence-corrected chi connectivity index (χ1v) is 10.0. The lowest BCUT2D eigenvalue weighted by atomic mass is 10.0. The maximum Gasteiger partial charge on any atom is 0.191 e. The van der Waals surface area contributed by atoms with Crippen LogP contribution in [-0.2, 0) is 6.54 Å². The van der Waals surface area contributed by atoms with Crippen molar-refractivity contribution < 1.29 is 0 Å². The normalized spacial score (nSPS) is 19.2. The molecule has 0 aliphatic heterocycles. The van der Waals surface area contributed by atoms with E-state index in [1.54, 1.807) is 11.3 Å². The highest BCUT2D eigenvalue weighted by molar-refractivity contribution is 14.0. The molecule has 6 heteroatoms. The molecule has 2 unspecified atom stereocenters. The van der Waals surface area contributed by atoms with E-state index >= 15 is 0 Å². The van der Waals surface area contributed by atoms with E-state index in [0.29, 0.717) is 24.4 Å². The van der Waals surface area contributed by atoms with Crippen molar-refractivity contribution in [1.29, 1.82) is 0 Å². The molecule has 1 heterocycles. The molecule has 26 heavy (non-hydrogen) atoms. The number of benzene rings is 1. The fourth-order valence-electron chi connectivity index (χ4n) is 3.01. The number of hydrogen-bond donors (Lipinski definition) is 2. The van der Waals surface area contributed by atoms with Crippen LogP contribution in [-0.4, -0.2) is 23.5 Å². The van der Waals surface area contributed by atoms with E-state index in [1.165, 1.54) is 17.5 Å². The Morgan fingerprint density at radius 3 is 2.77 bits per heavy atom. The van der Waals surface area contributed by atoms with E-state index in [0.717, 1.165) is 23.2 Å². The molecule has 142 valence electrons. The molecule has 2 atom stereocenters. The first-order chi connectivity index (χ1) is 12.1. The molecule has 0 radical (unpaired) electrons. The van der Waals surface area contributed by atoms with Crippen LogP contribution in [0.25, 0.3) is 0 Å². The molecule has 4 nitrogen and oxygen atoms in total. The third kappa shape index (κ3) is 5.42. The monoisotopic (exact) mass is 484 g/mol. The molecule has 0 spiro atoms. The van der Waals surface area contributed by atoms with Crippen LogP contribution >= 0.6 is 35.3 Å². The number of nitrogens with zero attached hydrogens (tertiary/aromatic N) is 2. The third-order valence-corrected chi connectivity index (χ3v) is 5.43. The Morgan fingerprint density at radius 2 is 2.12 bits per heavy atom. The van der Waals surface area contributed by atoms with Crippen molar-refractivity contribution in [3.8, 4) is 0 Å². The molecule has 1 fully saturated rings. The summed E-state index contributed by atoms with van der Waals surface area (Å²) < 4.78 is 0. The average molecular weight is 484 g/mol. The number of hydrogen-bond acceptors (Lipinski definition) is 3. The maximum atomic E-state index is 4.73. The van der Waals surface area contributed by atoms with Crippen molar-refractivity contribution >= 4 is 41.3 Å². The maximum absolute atomic E-state index is 4.73. The highest BCUT2D eigenvalue weighted by Crippen LogP contribution is 2.42. The van der Waals surface area contributed by atoms with Gasteiger partial charge in [0.05, 0.1) is 12.2 Å². The molecule has 0 bridgehead atoms. The number of guanidine groups is 1. The van der Waals surface area contributed by atoms with Crippen molar-refractivity contribution in [3.63, 3.8) is 0 Å². The molecule has 2 N–H and O–H groups in total. The van der Waals surface area contributed by atoms with Crippen molar-refractivity contribution in [1.82, 2.24) is 15.6 Å². The minimum absolute atomic E-state index is 0. The van der Waals surface area contributed by atoms with E-state index in [4.69, 9.17) is 4.99 Å². The van der Waals surface area contributed by atoms with Crippen LogP contribution < -0.4 is 10.6 Å². The SMILES string of the molecule is CCNC(=NCc1nc(C(C)C)cs1)NC1CC1c1ccccc1C.I. The van der Waals surface area contributed by atoms with Crippen molar-refractivity contribution in [2.24, 2.45) is 4.99 Å². The topological polar surface area (TPSA) is 49.3 Å². The fraction of sp³-hybridized carbons (Fsp3) is 0.500. The van der Waals surface area contributed by atoms with Crippen molar-refractivity contribution in [2.75, 3.05) is 6.54 Å². The lowest BCUT2D eigenvalue weighted by molar-refractivity contribution is 0.788. The molecular weight excluding hydrogens is 455 g/mol. The van der Waals surface area contributed by atoms with Crippen molar-refractivity contribution in [2.45, 2.75) is 58.5 Å². The summed E-state index contributed by atoms with van der Waals surface area (Å²) in [6.07, 6.45) is 1.17. The van der Waals surface area contributed by atoms with Crippen LogP contribution in [0.15, 0.2) is 34.6 Å². The molecule has 1 saturated carbocycles. The third-order valence-electron chi connectivity index (χ3n) is 4.58. The summed E-state index contributed by atoms with van der Waals surface area (Å²) in [5, 5.41) is 10.2. The number of nitrogens with one attached hydrogen (secondary N) is 2. The van der Waals surface area contributed by atoms with Gasteiger partial charge in [0.15, 0.2) is 5.96 Å². The Kier molecular flexibility index (Phi) is 7.88. The largest absolute Gasteiger partial charge is 0.357 e. The van der Waals surface area contributed by atoms with Crippen LogP contribution in [0.1, 0.15) is 60.9 Å². The van der Waals surface area contributed by atoms with Gasteiger partial charge in [-0.25, -0.2) is 9.98 Å². The first-order valence-electron chi connectivity index (χ1n) is 9.13. The van der Waals surface area contributed by atoms with E-state index in [1.807, 2.05) is 0 Å². The quantitative estimate of drug-likeness (QED) is 0.352. The zero-order chi connectivity index (χ0) is 17.8. The Bertz CT molecular complexity index is 741. The zero-order valence-electron chi connectivity index (χ0n) is 16.0. The molecule has 1 aliphatic carbocycles. The number of aryl methyl sites for hydroxylation is 1. The molecule has 1 aromatic carbocycles. The van der Waals surface area contributed by atoms with Gasteiger partial charge in [0.1, 0.15) is 5.01 Å². The number of aromatic nitrogens is 1. The molecule has 3 rings (SSSR count). The lowest BCUT2D eigenvalue weighted by Gasteiger charge is -2.11. The summed E-state index contributed by atoms with van der Waals surface area (Å²) in [5.74, 6) is 1.96. The van der Waals surface area contributed by atoms with Crippen LogP contribution in [0.2, 0.25) is 0 Å². The Labute approximate surface area is 177 Å². The van der Waals surface area contributed by atoms with Gasteiger partial charge in [-0.15, -0.1) is 35.3 Å². The average Bonchev–Trinajstić information content (AvgIpc) is 3.17. The Balaban J connectivity index is 0.00000243. The van der Waals surface area contributed by atoms with Gasteiger partial charge in [-0.05, 0) is 37.3 Å². The second kappa shape index (κ2) is 9.69. The minimum atomic E-state index is 0. The first kappa shape index (κ1) is 21.2. The number of rotatable bonds is 6. The highest BCUT2D eigenvalue weighted by Gasteiger charge is 2.39. The summed E-state index contributed by atoms with van der Waals surface area (Å²) in [6.45, 7) is 10.1. The van der Waals surface area contributed by atoms with Gasteiger partial charge in [0.25, 0.3) is 0 Å². The number of halogens is 1. The zero-order valence-corrected chi connectivity index (χ0v) is 19.1. The van der Waals surface area contributed by atoms with Gasteiger partial charge >= 0.3 is 0 Å². The molecule has 1 aromatic heterocycles. The summed E-state index contributed by atoms with van der Waals surface area (Å²) in [4.78, 5) is 9.40. The van der Waals surface area contributed by atoms with Gasteiger partial charge in [-0.2, -0.15) is 0 Å². The second-order valence-corrected chi connectivity index (χ2v) is 7.91. The summed E-state index contributed by atoms with van der Waals surface area (Å²) in [5.41, 5.74) is 4.00. The van der Waals surface area contributed by atoms with Crippen molar-refractivity contribution in [3.05, 3.63) is 51.5 Å². The number of thiazole rings is 1. The molecule has 0 saturated heterocycles. The highest BCUT2D eigenvalue weighted by atomic mass is 127. The summed E-state index contributed by atoms with van der Waals surface area (Å²) in [7, 11) is 0. The van der Waals surface area contributed by atoms with Crippen LogP contribution in [0.3, 0.4) is 0 Å². The second-order valence-electron chi connectivity index (χ2n) is 6.97. The van der Waals surface area contributed by atoms with E-state index in [2.05, 4.69) is 73.0 Å². The molecule has 1 aliphatic rings. The lowest BCUT2D eigenvalue weighted by Crippen LogP contribution is -2.39. The van der Waals surface area contributed by atoms with Gasteiger partial charge in [0, 0.05) is 23.9 Å². The standard InChI is InChI=1S/C20H28N4S.HI/c1-5-21-20(22-11-19-23-18(12-25-19)13(2)3)24-17-10-16(17)15-9-7-6-8-14(15)4;/h6-9,12-13,16-17H,5,10-11H2,1-4H3,(H2,21,22,24);1H. The van der Waals surface area contributed by atoms with Gasteiger partial charge in [-0.3, -0.25) is 0 Å². The predicted molar refractivity (Wildman–Crippen MR) is 122 cm³/mol. The van der Waals surface area contributed by atoms with E-state index in [9.17, 15) is 0 Å². The molecule has 2 aromatic rings. The van der Waals surface area contributed by atoms with Crippen LogP contribution in [0.4, 0.5) is 0 Å². The minimum Gasteiger partial charge on any atom is -0.357 e. The van der Waals surface area contributed by atoms with E-state index in [-0.39, 0.29) is 24.0 Å². The smallest absolute Gasteiger partial charge is 0.191 e. The fourth-order valence-corrected chi connectivity index (χ4v) is 3.89. The predicted octanol–water partition coefficient (Wildman–Crippen LogP) is 4.80. The summed E-state index contributed by atoms with van der Waals surface area (Å²) >= 11 is 1.70. The van der Waals surface area contributed by atoms with Gasteiger partial charge < -0.3 is 10.6 Å². The van der Waals surface area contributed by atoms with Crippen LogP contribution in [0, 0.1) is 6.92 Å². The van der Waals surface area contributed by atoms with Gasteiger partial charge in [0.2, 0.25) is 0 Å².